The van der Waals surface area contributed by atoms with Gasteiger partial charge in [0.05, 0.1) is 13.0 Å². The molecular formula is C16H26N2O2. The third-order valence-electron chi connectivity index (χ3n) is 3.29. The van der Waals surface area contributed by atoms with E-state index in [4.69, 9.17) is 4.74 Å². The number of rotatable bonds is 8. The second-order valence-electron chi connectivity index (χ2n) is 4.65. The lowest BCUT2D eigenvalue weighted by molar-refractivity contribution is -0.142. The molecule has 1 aromatic carbocycles. The molecule has 0 saturated heterocycles. The quantitative estimate of drug-likeness (QED) is 0.741. The predicted octanol–water partition coefficient (Wildman–Crippen LogP) is 3.21. The summed E-state index contributed by atoms with van der Waals surface area (Å²) in [6, 6.07) is 6.38. The molecule has 1 aromatic rings. The Morgan fingerprint density at radius 3 is 2.50 bits per heavy atom. The normalized spacial score (nSPS) is 10.2. The lowest BCUT2D eigenvalue weighted by Gasteiger charge is -2.22. The summed E-state index contributed by atoms with van der Waals surface area (Å²) in [6.45, 7) is 11.3. The molecule has 0 unspecified atom stereocenters. The van der Waals surface area contributed by atoms with Gasteiger partial charge in [-0.25, -0.2) is 0 Å². The highest BCUT2D eigenvalue weighted by molar-refractivity contribution is 5.70. The van der Waals surface area contributed by atoms with Gasteiger partial charge in [0.1, 0.15) is 0 Å². The average molecular weight is 278 g/mol. The summed E-state index contributed by atoms with van der Waals surface area (Å²) < 4.78 is 4.90. The number of benzene rings is 1. The Balaban J connectivity index is 2.58. The van der Waals surface area contributed by atoms with Gasteiger partial charge in [0.15, 0.2) is 0 Å². The number of hydrogen-bond donors (Lipinski definition) is 1. The van der Waals surface area contributed by atoms with Crippen LogP contribution in [0, 0.1) is 6.92 Å². The van der Waals surface area contributed by atoms with Crippen LogP contribution in [0.2, 0.25) is 0 Å². The van der Waals surface area contributed by atoms with Crippen molar-refractivity contribution in [2.75, 3.05) is 36.5 Å². The molecule has 0 aliphatic heterocycles. The molecule has 0 heterocycles. The third-order valence-corrected chi connectivity index (χ3v) is 3.29. The molecule has 0 atom stereocenters. The second-order valence-corrected chi connectivity index (χ2v) is 4.65. The van der Waals surface area contributed by atoms with Crippen LogP contribution >= 0.6 is 0 Å². The smallest absolute Gasteiger partial charge is 0.307 e. The molecule has 1 N–H and O–H groups in total. The Labute approximate surface area is 122 Å². The molecular weight excluding hydrogens is 252 g/mol. The Bertz CT molecular complexity index is 428. The summed E-state index contributed by atoms with van der Waals surface area (Å²) in [5.74, 6) is -0.155. The molecule has 0 amide bonds. The highest BCUT2D eigenvalue weighted by Crippen LogP contribution is 2.22. The van der Waals surface area contributed by atoms with Gasteiger partial charge in [0.2, 0.25) is 0 Å². The van der Waals surface area contributed by atoms with Crippen molar-refractivity contribution in [2.24, 2.45) is 0 Å². The first-order valence-corrected chi connectivity index (χ1v) is 7.37. The maximum Gasteiger partial charge on any atom is 0.307 e. The van der Waals surface area contributed by atoms with Gasteiger partial charge in [-0.15, -0.1) is 0 Å². The third kappa shape index (κ3) is 4.76. The first kappa shape index (κ1) is 16.3. The minimum atomic E-state index is -0.155. The van der Waals surface area contributed by atoms with Crippen LogP contribution in [0.3, 0.4) is 0 Å². The van der Waals surface area contributed by atoms with E-state index in [9.17, 15) is 4.79 Å². The maximum atomic E-state index is 11.3. The summed E-state index contributed by atoms with van der Waals surface area (Å²) in [6.07, 6.45) is 0.394. The molecule has 0 saturated carbocycles. The van der Waals surface area contributed by atoms with Crippen LogP contribution in [0.25, 0.3) is 0 Å². The van der Waals surface area contributed by atoms with Crippen LogP contribution in [-0.2, 0) is 9.53 Å². The summed E-state index contributed by atoms with van der Waals surface area (Å²) in [7, 11) is 0. The lowest BCUT2D eigenvalue weighted by Crippen LogP contribution is -2.21. The molecule has 0 bridgehead atoms. The highest BCUT2D eigenvalue weighted by Gasteiger charge is 2.06. The first-order chi connectivity index (χ1) is 9.62. The molecule has 0 aliphatic rings. The molecule has 0 spiro atoms. The molecule has 20 heavy (non-hydrogen) atoms. The Morgan fingerprint density at radius 2 is 1.95 bits per heavy atom. The van der Waals surface area contributed by atoms with Crippen LogP contribution in [0.4, 0.5) is 11.4 Å². The van der Waals surface area contributed by atoms with E-state index >= 15 is 0 Å². The molecule has 0 fully saturated rings. The van der Waals surface area contributed by atoms with E-state index in [0.717, 1.165) is 18.8 Å². The lowest BCUT2D eigenvalue weighted by atomic mass is 10.1. The monoisotopic (exact) mass is 278 g/mol. The van der Waals surface area contributed by atoms with Crippen LogP contribution in [0.5, 0.6) is 0 Å². The van der Waals surface area contributed by atoms with Crippen molar-refractivity contribution < 1.29 is 9.53 Å². The van der Waals surface area contributed by atoms with Gasteiger partial charge >= 0.3 is 5.97 Å². The Morgan fingerprint density at radius 1 is 1.25 bits per heavy atom. The van der Waals surface area contributed by atoms with Crippen LogP contribution in [0.15, 0.2) is 18.2 Å². The molecule has 0 aliphatic carbocycles. The van der Waals surface area contributed by atoms with Crippen LogP contribution in [-0.4, -0.2) is 32.2 Å². The standard InChI is InChI=1S/C16H26N2O2/c1-5-18(6-2)14-8-9-15(13(4)12-14)17-11-10-16(19)20-7-3/h8-9,12,17H,5-7,10-11H2,1-4H3. The van der Waals surface area contributed by atoms with Crippen LogP contribution < -0.4 is 10.2 Å². The fourth-order valence-corrected chi connectivity index (χ4v) is 2.16. The zero-order chi connectivity index (χ0) is 15.0. The molecule has 4 nitrogen and oxygen atoms in total. The minimum Gasteiger partial charge on any atom is -0.466 e. The predicted molar refractivity (Wildman–Crippen MR) is 84.5 cm³/mol. The van der Waals surface area contributed by atoms with E-state index in [1.165, 1.54) is 11.3 Å². The van der Waals surface area contributed by atoms with Gasteiger partial charge in [-0.1, -0.05) is 0 Å². The SMILES string of the molecule is CCOC(=O)CCNc1ccc(N(CC)CC)cc1C. The Kier molecular flexibility index (Phi) is 6.91. The average Bonchev–Trinajstić information content (AvgIpc) is 2.43. The second kappa shape index (κ2) is 8.46. The van der Waals surface area contributed by atoms with Crippen molar-refractivity contribution in [1.82, 2.24) is 0 Å². The van der Waals surface area contributed by atoms with Crippen molar-refractivity contribution in [1.29, 1.82) is 0 Å². The van der Waals surface area contributed by atoms with Crippen molar-refractivity contribution in [3.8, 4) is 0 Å². The molecule has 4 heteroatoms. The fraction of sp³-hybridized carbons (Fsp3) is 0.562. The number of esters is 1. The molecule has 0 aromatic heterocycles. The van der Waals surface area contributed by atoms with E-state index in [1.807, 2.05) is 6.92 Å². The summed E-state index contributed by atoms with van der Waals surface area (Å²) in [4.78, 5) is 13.6. The van der Waals surface area contributed by atoms with Crippen molar-refractivity contribution >= 4 is 17.3 Å². The summed E-state index contributed by atoms with van der Waals surface area (Å²) in [5.41, 5.74) is 3.51. The van der Waals surface area contributed by atoms with Gasteiger partial charge in [0.25, 0.3) is 0 Å². The Hall–Kier alpha value is -1.71. The van der Waals surface area contributed by atoms with E-state index in [-0.39, 0.29) is 5.97 Å². The van der Waals surface area contributed by atoms with Crippen molar-refractivity contribution in [3.05, 3.63) is 23.8 Å². The van der Waals surface area contributed by atoms with E-state index in [0.29, 0.717) is 19.6 Å². The highest BCUT2D eigenvalue weighted by atomic mass is 16.5. The number of nitrogens with zero attached hydrogens (tertiary/aromatic N) is 1. The van der Waals surface area contributed by atoms with Crippen molar-refractivity contribution in [3.63, 3.8) is 0 Å². The molecule has 0 radical (unpaired) electrons. The van der Waals surface area contributed by atoms with E-state index in [2.05, 4.69) is 49.2 Å². The van der Waals surface area contributed by atoms with E-state index < -0.39 is 0 Å². The molecule has 112 valence electrons. The topological polar surface area (TPSA) is 41.6 Å². The number of ether oxygens (including phenoxy) is 1. The summed E-state index contributed by atoms with van der Waals surface area (Å²) in [5, 5.41) is 3.29. The van der Waals surface area contributed by atoms with Gasteiger partial charge in [-0.2, -0.15) is 0 Å². The van der Waals surface area contributed by atoms with Crippen molar-refractivity contribution in [2.45, 2.75) is 34.1 Å². The van der Waals surface area contributed by atoms with E-state index in [1.54, 1.807) is 0 Å². The van der Waals surface area contributed by atoms with Gasteiger partial charge in [-0.05, 0) is 51.5 Å². The fourth-order valence-electron chi connectivity index (χ4n) is 2.16. The number of anilines is 2. The van der Waals surface area contributed by atoms with Gasteiger partial charge in [-0.3, -0.25) is 4.79 Å². The summed E-state index contributed by atoms with van der Waals surface area (Å²) >= 11 is 0. The number of hydrogen-bond acceptors (Lipinski definition) is 4. The number of carbonyl (C=O) groups excluding carboxylic acids is 1. The number of nitrogens with one attached hydrogen (secondary N) is 1. The zero-order valence-electron chi connectivity index (χ0n) is 13.0. The maximum absolute atomic E-state index is 11.3. The van der Waals surface area contributed by atoms with Gasteiger partial charge < -0.3 is 15.0 Å². The number of carbonyl (C=O) groups is 1. The zero-order valence-corrected chi connectivity index (χ0v) is 13.0. The number of aryl methyl sites for hydroxylation is 1. The van der Waals surface area contributed by atoms with Gasteiger partial charge in [0, 0.05) is 31.0 Å². The minimum absolute atomic E-state index is 0.155. The molecule has 1 rings (SSSR count). The first-order valence-electron chi connectivity index (χ1n) is 7.37. The van der Waals surface area contributed by atoms with Crippen LogP contribution in [0.1, 0.15) is 32.8 Å². The largest absolute Gasteiger partial charge is 0.466 e.